The average molecular weight is 204 g/mol. The molecule has 0 saturated carbocycles. The van der Waals surface area contributed by atoms with Crippen LogP contribution in [0.15, 0.2) is 0 Å². The van der Waals surface area contributed by atoms with Crippen molar-refractivity contribution in [1.29, 1.82) is 0 Å². The molecule has 74 valence electrons. The Balaban J connectivity index is 0.00000121. The predicted octanol–water partition coefficient (Wildman–Crippen LogP) is 0.0242. The summed E-state index contributed by atoms with van der Waals surface area (Å²) in [5.74, 6) is 0. The molecule has 1 aliphatic heterocycles. The number of ether oxygens (including phenoxy) is 1. The molecule has 0 aromatic rings. The normalized spacial score (nSPS) is 31.0. The Morgan fingerprint density at radius 1 is 1.50 bits per heavy atom. The smallest absolute Gasteiger partial charge is 0.270 e. The minimum Gasteiger partial charge on any atom is -0.380 e. The van der Waals surface area contributed by atoms with Crippen LogP contribution in [0.25, 0.3) is 0 Å². The lowest BCUT2D eigenvalue weighted by Gasteiger charge is -2.24. The van der Waals surface area contributed by atoms with E-state index in [9.17, 15) is 13.9 Å². The number of alkyl halides is 2. The fourth-order valence-corrected chi connectivity index (χ4v) is 0.889. The van der Waals surface area contributed by atoms with Crippen LogP contribution in [0.5, 0.6) is 0 Å². The minimum atomic E-state index is -2.76. The van der Waals surface area contributed by atoms with Crippen molar-refractivity contribution in [2.24, 2.45) is 0 Å². The Labute approximate surface area is 75.5 Å². The van der Waals surface area contributed by atoms with Gasteiger partial charge in [0.15, 0.2) is 5.60 Å². The van der Waals surface area contributed by atoms with Crippen LogP contribution in [0.4, 0.5) is 8.78 Å². The molecule has 1 aliphatic rings. The molecule has 0 radical (unpaired) electrons. The summed E-state index contributed by atoms with van der Waals surface area (Å²) in [4.78, 5) is 0. The molecule has 0 aromatic carbocycles. The lowest BCUT2D eigenvalue weighted by molar-refractivity contribution is -0.124. The van der Waals surface area contributed by atoms with Gasteiger partial charge in [0.1, 0.15) is 0 Å². The third-order valence-corrected chi connectivity index (χ3v) is 1.61. The van der Waals surface area contributed by atoms with E-state index in [-0.39, 0.29) is 25.6 Å². The van der Waals surface area contributed by atoms with E-state index >= 15 is 0 Å². The van der Waals surface area contributed by atoms with Gasteiger partial charge in [-0.3, -0.25) is 0 Å². The first-order valence-electron chi connectivity index (χ1n) is 3.44. The van der Waals surface area contributed by atoms with Crippen LogP contribution in [0.3, 0.4) is 0 Å². The molecule has 1 atom stereocenters. The fraction of sp³-hybridized carbons (Fsp3) is 1.00. The lowest BCUT2D eigenvalue weighted by Crippen LogP contribution is -2.48. The Bertz CT molecular complexity index is 129. The molecule has 6 heteroatoms. The van der Waals surface area contributed by atoms with Crippen molar-refractivity contribution in [3.05, 3.63) is 0 Å². The number of hydrogen-bond donors (Lipinski definition) is 2. The van der Waals surface area contributed by atoms with Gasteiger partial charge in [-0.05, 0) is 0 Å². The molecule has 0 amide bonds. The number of β-amino-alcohol motifs (C(OH)–C–C–N with tert-alkyl or cyclic N) is 1. The maximum Gasteiger partial charge on any atom is 0.270 e. The van der Waals surface area contributed by atoms with Crippen molar-refractivity contribution in [3.63, 3.8) is 0 Å². The number of rotatable bonds is 1. The second kappa shape index (κ2) is 4.91. The van der Waals surface area contributed by atoms with Gasteiger partial charge in [0.05, 0.1) is 13.2 Å². The lowest BCUT2D eigenvalue weighted by atomic mass is 10.1. The number of hydrogen-bond acceptors (Lipinski definition) is 3. The first-order valence-corrected chi connectivity index (χ1v) is 3.44. The molecule has 3 nitrogen and oxygen atoms in total. The Hall–Kier alpha value is 0.0300. The van der Waals surface area contributed by atoms with Gasteiger partial charge in [-0.2, -0.15) is 0 Å². The highest BCUT2D eigenvalue weighted by atomic mass is 35.5. The van der Waals surface area contributed by atoms with Crippen molar-refractivity contribution in [2.75, 3.05) is 26.3 Å². The van der Waals surface area contributed by atoms with Gasteiger partial charge >= 0.3 is 0 Å². The SMILES string of the molecule is Cl.OC1(C(F)F)CNCCOC1. The Morgan fingerprint density at radius 3 is 2.75 bits per heavy atom. The molecule has 12 heavy (non-hydrogen) atoms. The molecule has 0 spiro atoms. The Kier molecular flexibility index (Phi) is 4.92. The molecule has 1 heterocycles. The van der Waals surface area contributed by atoms with Crippen molar-refractivity contribution in [3.8, 4) is 0 Å². The van der Waals surface area contributed by atoms with Gasteiger partial charge in [0.2, 0.25) is 0 Å². The van der Waals surface area contributed by atoms with E-state index in [0.717, 1.165) is 0 Å². The number of nitrogens with one attached hydrogen (secondary N) is 1. The quantitative estimate of drug-likeness (QED) is 0.632. The van der Waals surface area contributed by atoms with E-state index in [1.54, 1.807) is 0 Å². The zero-order chi connectivity index (χ0) is 8.32. The van der Waals surface area contributed by atoms with Gasteiger partial charge < -0.3 is 15.2 Å². The zero-order valence-corrected chi connectivity index (χ0v) is 7.24. The second-order valence-corrected chi connectivity index (χ2v) is 2.63. The van der Waals surface area contributed by atoms with E-state index in [1.165, 1.54) is 0 Å². The van der Waals surface area contributed by atoms with E-state index < -0.39 is 12.0 Å². The van der Waals surface area contributed by atoms with Gasteiger partial charge in [0.25, 0.3) is 6.43 Å². The van der Waals surface area contributed by atoms with Crippen LogP contribution in [-0.2, 0) is 4.74 Å². The highest BCUT2D eigenvalue weighted by Crippen LogP contribution is 2.16. The molecule has 1 rings (SSSR count). The molecular formula is C6H12ClF2NO2. The largest absolute Gasteiger partial charge is 0.380 e. The summed E-state index contributed by atoms with van der Waals surface area (Å²) in [6, 6.07) is 0. The van der Waals surface area contributed by atoms with E-state index in [4.69, 9.17) is 4.74 Å². The standard InChI is InChI=1S/C6H11F2NO2.ClH/c7-5(8)6(10)3-9-1-2-11-4-6;/h5,9-10H,1-4H2;1H. The molecule has 0 bridgehead atoms. The summed E-state index contributed by atoms with van der Waals surface area (Å²) in [5.41, 5.74) is -2.00. The fourth-order valence-electron chi connectivity index (χ4n) is 0.889. The topological polar surface area (TPSA) is 41.5 Å². The Morgan fingerprint density at radius 2 is 2.17 bits per heavy atom. The van der Waals surface area contributed by atoms with Crippen molar-refractivity contribution in [2.45, 2.75) is 12.0 Å². The molecular weight excluding hydrogens is 192 g/mol. The number of halogens is 3. The van der Waals surface area contributed by atoms with E-state index in [2.05, 4.69) is 5.32 Å². The maximum atomic E-state index is 12.1. The maximum absolute atomic E-state index is 12.1. The van der Waals surface area contributed by atoms with Gasteiger partial charge in [0, 0.05) is 13.1 Å². The summed E-state index contributed by atoms with van der Waals surface area (Å²) in [5, 5.41) is 11.9. The molecule has 0 aliphatic carbocycles. The van der Waals surface area contributed by atoms with Crippen LogP contribution in [0.2, 0.25) is 0 Å². The minimum absolute atomic E-state index is 0. The van der Waals surface area contributed by atoms with E-state index in [1.807, 2.05) is 0 Å². The first kappa shape index (κ1) is 12.0. The van der Waals surface area contributed by atoms with Crippen molar-refractivity contribution < 1.29 is 18.6 Å². The summed E-state index contributed by atoms with van der Waals surface area (Å²) in [7, 11) is 0. The third kappa shape index (κ3) is 2.82. The summed E-state index contributed by atoms with van der Waals surface area (Å²) >= 11 is 0. The summed E-state index contributed by atoms with van der Waals surface area (Å²) in [6.07, 6.45) is -2.76. The van der Waals surface area contributed by atoms with Crippen molar-refractivity contribution >= 4 is 12.4 Å². The van der Waals surface area contributed by atoms with Crippen LogP contribution < -0.4 is 5.32 Å². The molecule has 1 fully saturated rings. The molecule has 0 aromatic heterocycles. The van der Waals surface area contributed by atoms with Crippen molar-refractivity contribution in [1.82, 2.24) is 5.32 Å². The predicted molar refractivity (Wildman–Crippen MR) is 41.9 cm³/mol. The van der Waals surface area contributed by atoms with Gasteiger partial charge in [-0.1, -0.05) is 0 Å². The first-order chi connectivity index (χ1) is 5.15. The second-order valence-electron chi connectivity index (χ2n) is 2.63. The summed E-state index contributed by atoms with van der Waals surface area (Å²) in [6.45, 7) is 0.479. The molecule has 1 saturated heterocycles. The monoisotopic (exact) mass is 203 g/mol. The number of aliphatic hydroxyl groups is 1. The molecule has 1 unspecified atom stereocenters. The van der Waals surface area contributed by atoms with Crippen LogP contribution >= 0.6 is 12.4 Å². The average Bonchev–Trinajstić information content (AvgIpc) is 2.15. The van der Waals surface area contributed by atoms with Gasteiger partial charge in [-0.15, -0.1) is 12.4 Å². The zero-order valence-electron chi connectivity index (χ0n) is 6.43. The van der Waals surface area contributed by atoms with Crippen LogP contribution in [0, 0.1) is 0 Å². The van der Waals surface area contributed by atoms with E-state index in [0.29, 0.717) is 13.2 Å². The van der Waals surface area contributed by atoms with Crippen LogP contribution in [-0.4, -0.2) is 43.4 Å². The highest BCUT2D eigenvalue weighted by Gasteiger charge is 2.38. The highest BCUT2D eigenvalue weighted by molar-refractivity contribution is 5.85. The molecule has 2 N–H and O–H groups in total. The van der Waals surface area contributed by atoms with Crippen LogP contribution in [0.1, 0.15) is 0 Å². The third-order valence-electron chi connectivity index (χ3n) is 1.61. The summed E-state index contributed by atoms with van der Waals surface area (Å²) < 4.78 is 29.0. The van der Waals surface area contributed by atoms with Gasteiger partial charge in [-0.25, -0.2) is 8.78 Å².